The van der Waals surface area contributed by atoms with E-state index in [1.54, 1.807) is 0 Å². The van der Waals surface area contributed by atoms with Crippen molar-refractivity contribution in [2.75, 3.05) is 6.61 Å². The molecule has 0 N–H and O–H groups in total. The Morgan fingerprint density at radius 2 is 0.704 bits per heavy atom. The molecule has 0 aromatic rings. The molecule has 0 spiro atoms. The van der Waals surface area contributed by atoms with E-state index in [2.05, 4.69) is 11.7 Å². The van der Waals surface area contributed by atoms with Crippen LogP contribution in [0, 0.1) is 0 Å². The normalized spacial score (nSPS) is 11.0. The molecule has 0 fully saturated rings. The third kappa shape index (κ3) is 25.5. The van der Waals surface area contributed by atoms with E-state index in [0.29, 0.717) is 6.61 Å². The van der Waals surface area contributed by atoms with Gasteiger partial charge >= 0.3 is 6.47 Å². The molecule has 27 heavy (non-hydrogen) atoms. The Hall–Kier alpha value is -0.530. The molecule has 2 nitrogen and oxygen atoms in total. The Morgan fingerprint density at radius 1 is 0.444 bits per heavy atom. The van der Waals surface area contributed by atoms with Crippen molar-refractivity contribution in [1.29, 1.82) is 0 Å². The molecule has 0 aliphatic rings. The van der Waals surface area contributed by atoms with Crippen molar-refractivity contribution in [3.8, 4) is 0 Å². The van der Waals surface area contributed by atoms with Gasteiger partial charge in [-0.1, -0.05) is 142 Å². The molecule has 161 valence electrons. The molecule has 0 saturated heterocycles. The van der Waals surface area contributed by atoms with Gasteiger partial charge in [-0.3, -0.25) is 0 Å². The second kappa shape index (κ2) is 25.5. The van der Waals surface area contributed by atoms with E-state index in [4.69, 9.17) is 0 Å². The molecule has 0 aliphatic heterocycles. The van der Waals surface area contributed by atoms with Crippen LogP contribution in [0.15, 0.2) is 0 Å². The first-order valence-electron chi connectivity index (χ1n) is 12.4. The Balaban J connectivity index is 2.96. The second-order valence-corrected chi connectivity index (χ2v) is 8.36. The predicted octanol–water partition coefficient (Wildman–Crippen LogP) is 8.67. The van der Waals surface area contributed by atoms with Crippen molar-refractivity contribution in [3.63, 3.8) is 0 Å². The largest absolute Gasteiger partial charge is 0.457 e. The smallest absolute Gasteiger partial charge is 0.417 e. The first-order chi connectivity index (χ1) is 13.4. The summed E-state index contributed by atoms with van der Waals surface area (Å²) in [5, 5.41) is 0. The highest BCUT2D eigenvalue weighted by atomic mass is 16.5. The molecule has 0 saturated carbocycles. The number of hydrogen-bond donors (Lipinski definition) is 0. The van der Waals surface area contributed by atoms with E-state index in [1.807, 2.05) is 0 Å². The van der Waals surface area contributed by atoms with Crippen LogP contribution in [0.2, 0.25) is 0 Å². The SMILES string of the molecule is CCCCCCCCCCCCCCCCCCCCCCCCO[C]=O. The summed E-state index contributed by atoms with van der Waals surface area (Å²) >= 11 is 0. The van der Waals surface area contributed by atoms with Crippen molar-refractivity contribution < 1.29 is 9.53 Å². The molecule has 0 aromatic heterocycles. The summed E-state index contributed by atoms with van der Waals surface area (Å²) in [6.45, 7) is 4.32. The van der Waals surface area contributed by atoms with Gasteiger partial charge in [-0.2, -0.15) is 0 Å². The lowest BCUT2D eigenvalue weighted by Gasteiger charge is -2.04. The van der Waals surface area contributed by atoms with E-state index in [-0.39, 0.29) is 0 Å². The molecule has 0 heterocycles. The van der Waals surface area contributed by atoms with Crippen LogP contribution >= 0.6 is 0 Å². The molecule has 2 heteroatoms. The van der Waals surface area contributed by atoms with Crippen molar-refractivity contribution in [2.24, 2.45) is 0 Å². The summed E-state index contributed by atoms with van der Waals surface area (Å²) in [5.74, 6) is 0. The van der Waals surface area contributed by atoms with Gasteiger partial charge in [0.15, 0.2) is 0 Å². The minimum absolute atomic E-state index is 0.544. The maximum atomic E-state index is 9.87. The van der Waals surface area contributed by atoms with Crippen LogP contribution in [-0.2, 0) is 9.53 Å². The highest BCUT2D eigenvalue weighted by Crippen LogP contribution is 2.15. The average molecular weight is 382 g/mol. The summed E-state index contributed by atoms with van der Waals surface area (Å²) in [4.78, 5) is 9.87. The van der Waals surface area contributed by atoms with Gasteiger partial charge in [0.25, 0.3) is 0 Å². The lowest BCUT2D eigenvalue weighted by Crippen LogP contribution is -1.91. The van der Waals surface area contributed by atoms with Crippen molar-refractivity contribution in [3.05, 3.63) is 0 Å². The van der Waals surface area contributed by atoms with E-state index < -0.39 is 0 Å². The fourth-order valence-electron chi connectivity index (χ4n) is 3.82. The van der Waals surface area contributed by atoms with Gasteiger partial charge < -0.3 is 4.74 Å². The average Bonchev–Trinajstić information content (AvgIpc) is 2.68. The van der Waals surface area contributed by atoms with Crippen molar-refractivity contribution in [1.82, 2.24) is 0 Å². The van der Waals surface area contributed by atoms with Crippen LogP contribution in [0.25, 0.3) is 0 Å². The van der Waals surface area contributed by atoms with Crippen LogP contribution in [0.3, 0.4) is 0 Å². The summed E-state index contributed by atoms with van der Waals surface area (Å²) in [6.07, 6.45) is 30.7. The molecular formula is C25H49O2. The molecule has 0 aromatic carbocycles. The van der Waals surface area contributed by atoms with Crippen LogP contribution in [0.4, 0.5) is 0 Å². The van der Waals surface area contributed by atoms with Crippen LogP contribution < -0.4 is 0 Å². The molecule has 0 unspecified atom stereocenters. The van der Waals surface area contributed by atoms with Gasteiger partial charge in [0.2, 0.25) is 0 Å². The fourth-order valence-corrected chi connectivity index (χ4v) is 3.82. The first-order valence-corrected chi connectivity index (χ1v) is 12.4. The minimum Gasteiger partial charge on any atom is -0.457 e. The zero-order valence-corrected chi connectivity index (χ0v) is 18.6. The zero-order chi connectivity index (χ0) is 19.7. The van der Waals surface area contributed by atoms with Gasteiger partial charge in [0, 0.05) is 0 Å². The van der Waals surface area contributed by atoms with E-state index in [0.717, 1.165) is 6.42 Å². The molecule has 0 rings (SSSR count). The van der Waals surface area contributed by atoms with Crippen molar-refractivity contribution >= 4 is 6.47 Å². The lowest BCUT2D eigenvalue weighted by molar-refractivity contribution is 0.268. The first kappa shape index (κ1) is 26.5. The van der Waals surface area contributed by atoms with E-state index >= 15 is 0 Å². The monoisotopic (exact) mass is 381 g/mol. The Kier molecular flexibility index (Phi) is 25.0. The quantitative estimate of drug-likeness (QED) is 0.156. The van der Waals surface area contributed by atoms with Crippen LogP contribution in [-0.4, -0.2) is 13.1 Å². The number of unbranched alkanes of at least 4 members (excludes halogenated alkanes) is 21. The van der Waals surface area contributed by atoms with Crippen LogP contribution in [0.5, 0.6) is 0 Å². The molecule has 0 aliphatic carbocycles. The maximum Gasteiger partial charge on any atom is 0.417 e. The summed E-state index contributed by atoms with van der Waals surface area (Å²) < 4.78 is 4.57. The molecule has 0 amide bonds. The second-order valence-electron chi connectivity index (χ2n) is 8.36. The minimum atomic E-state index is 0.544. The Morgan fingerprint density at radius 3 is 0.963 bits per heavy atom. The maximum absolute atomic E-state index is 9.87. The highest BCUT2D eigenvalue weighted by molar-refractivity contribution is 5.37. The highest BCUT2D eigenvalue weighted by Gasteiger charge is 1.96. The molecule has 1 radical (unpaired) electrons. The molecule has 0 atom stereocenters. The van der Waals surface area contributed by atoms with E-state index in [1.165, 1.54) is 141 Å². The van der Waals surface area contributed by atoms with Gasteiger partial charge in [-0.25, -0.2) is 4.79 Å². The molecule has 0 bridgehead atoms. The van der Waals surface area contributed by atoms with Gasteiger partial charge in [0.1, 0.15) is 0 Å². The Bertz CT molecular complexity index is 265. The van der Waals surface area contributed by atoms with Crippen molar-refractivity contribution in [2.45, 2.75) is 148 Å². The van der Waals surface area contributed by atoms with Gasteiger partial charge in [-0.05, 0) is 6.42 Å². The standard InChI is InChI=1S/C25H49O2/c1-2-3-4-5-6-7-8-9-10-11-12-13-14-15-16-17-18-19-20-21-22-23-24-27-25-26/h2-24H2,1H3. The number of carbonyl (C=O) groups excluding carboxylic acids is 1. The van der Waals surface area contributed by atoms with Gasteiger partial charge in [-0.15, -0.1) is 0 Å². The zero-order valence-electron chi connectivity index (χ0n) is 18.6. The topological polar surface area (TPSA) is 26.3 Å². The third-order valence-electron chi connectivity index (χ3n) is 5.66. The van der Waals surface area contributed by atoms with E-state index in [9.17, 15) is 4.79 Å². The summed E-state index contributed by atoms with van der Waals surface area (Å²) in [5.41, 5.74) is 0. The fraction of sp³-hybridized carbons (Fsp3) is 0.960. The molecular weight excluding hydrogens is 332 g/mol. The third-order valence-corrected chi connectivity index (χ3v) is 5.66. The number of hydrogen-bond acceptors (Lipinski definition) is 2. The summed E-state index contributed by atoms with van der Waals surface area (Å²) in [6, 6.07) is 0. The number of rotatable bonds is 24. The van der Waals surface area contributed by atoms with Crippen LogP contribution in [0.1, 0.15) is 148 Å². The van der Waals surface area contributed by atoms with Gasteiger partial charge in [0.05, 0.1) is 6.61 Å². The Labute approximate surface area is 171 Å². The summed E-state index contributed by atoms with van der Waals surface area (Å²) in [7, 11) is 0. The number of ether oxygens (including phenoxy) is 1. The lowest BCUT2D eigenvalue weighted by atomic mass is 10.0. The predicted molar refractivity (Wildman–Crippen MR) is 119 cm³/mol.